The molecule has 2 rings (SSSR count). The molecule has 2 amide bonds. The molecule has 122 valence electrons. The summed E-state index contributed by atoms with van der Waals surface area (Å²) in [6, 6.07) is 3.84. The van der Waals surface area contributed by atoms with E-state index in [1.807, 2.05) is 6.92 Å². The summed E-state index contributed by atoms with van der Waals surface area (Å²) in [6.45, 7) is 5.48. The lowest BCUT2D eigenvalue weighted by molar-refractivity contribution is -0.131. The van der Waals surface area contributed by atoms with Crippen molar-refractivity contribution in [3.63, 3.8) is 0 Å². The molecule has 0 fully saturated rings. The summed E-state index contributed by atoms with van der Waals surface area (Å²) in [6.07, 6.45) is 1.16. The maximum Gasteiger partial charge on any atom is 0.243 e. The van der Waals surface area contributed by atoms with Crippen molar-refractivity contribution in [1.29, 1.82) is 0 Å². The molecule has 2 aromatic rings. The molecule has 0 spiro atoms. The number of hydrogen-bond acceptors (Lipinski definition) is 4. The van der Waals surface area contributed by atoms with Gasteiger partial charge in [0.25, 0.3) is 0 Å². The minimum atomic E-state index is -0.414. The average molecular weight is 319 g/mol. The highest BCUT2D eigenvalue weighted by Crippen LogP contribution is 2.20. The van der Waals surface area contributed by atoms with Crippen molar-refractivity contribution in [3.8, 4) is 0 Å². The van der Waals surface area contributed by atoms with Crippen LogP contribution in [0.3, 0.4) is 0 Å². The first-order valence-corrected chi connectivity index (χ1v) is 7.12. The molecule has 1 aromatic heterocycles. The first kappa shape index (κ1) is 16.7. The molecule has 1 atom stereocenters. The SMILES string of the molecule is C=CC(=O)NCC(C)N(C)C(=O)Cc1noc2ccc(F)cc12. The van der Waals surface area contributed by atoms with Crippen LogP contribution >= 0.6 is 0 Å². The summed E-state index contributed by atoms with van der Waals surface area (Å²) in [5, 5.41) is 6.95. The van der Waals surface area contributed by atoms with Crippen molar-refractivity contribution < 1.29 is 18.5 Å². The number of likely N-dealkylation sites (N-methyl/N-ethyl adjacent to an activating group) is 1. The van der Waals surface area contributed by atoms with Gasteiger partial charge in [0.05, 0.1) is 6.42 Å². The Morgan fingerprint density at radius 2 is 2.26 bits per heavy atom. The molecular formula is C16H18FN3O3. The number of nitrogens with zero attached hydrogens (tertiary/aromatic N) is 2. The quantitative estimate of drug-likeness (QED) is 0.822. The second-order valence-electron chi connectivity index (χ2n) is 5.25. The minimum Gasteiger partial charge on any atom is -0.356 e. The highest BCUT2D eigenvalue weighted by atomic mass is 19.1. The van der Waals surface area contributed by atoms with Crippen molar-refractivity contribution in [1.82, 2.24) is 15.4 Å². The molecule has 0 bridgehead atoms. The third kappa shape index (κ3) is 3.94. The average Bonchev–Trinajstić information content (AvgIpc) is 2.93. The maximum atomic E-state index is 13.3. The number of hydrogen-bond donors (Lipinski definition) is 1. The molecule has 0 aliphatic carbocycles. The minimum absolute atomic E-state index is 0.00724. The van der Waals surface area contributed by atoms with Gasteiger partial charge in [-0.1, -0.05) is 11.7 Å². The van der Waals surface area contributed by atoms with Crippen molar-refractivity contribution in [2.75, 3.05) is 13.6 Å². The molecule has 1 N–H and O–H groups in total. The molecule has 0 radical (unpaired) electrons. The molecule has 0 aliphatic heterocycles. The van der Waals surface area contributed by atoms with Crippen LogP contribution in [0.2, 0.25) is 0 Å². The predicted octanol–water partition coefficient (Wildman–Crippen LogP) is 1.66. The van der Waals surface area contributed by atoms with Crippen molar-refractivity contribution in [2.45, 2.75) is 19.4 Å². The smallest absolute Gasteiger partial charge is 0.243 e. The number of fused-ring (bicyclic) bond motifs is 1. The van der Waals surface area contributed by atoms with E-state index in [1.165, 1.54) is 29.2 Å². The number of aromatic nitrogens is 1. The Morgan fingerprint density at radius 3 is 2.96 bits per heavy atom. The Morgan fingerprint density at radius 1 is 1.52 bits per heavy atom. The predicted molar refractivity (Wildman–Crippen MR) is 83.1 cm³/mol. The lowest BCUT2D eigenvalue weighted by Crippen LogP contribution is -2.43. The fourth-order valence-corrected chi connectivity index (χ4v) is 2.06. The van der Waals surface area contributed by atoms with Crippen LogP contribution in [0.25, 0.3) is 11.0 Å². The van der Waals surface area contributed by atoms with Crippen LogP contribution in [0, 0.1) is 5.82 Å². The lowest BCUT2D eigenvalue weighted by atomic mass is 10.1. The summed E-state index contributed by atoms with van der Waals surface area (Å²) in [5.74, 6) is -0.913. The van der Waals surface area contributed by atoms with Gasteiger partial charge in [0, 0.05) is 25.0 Å². The van der Waals surface area contributed by atoms with E-state index in [0.29, 0.717) is 23.2 Å². The maximum absolute atomic E-state index is 13.3. The molecular weight excluding hydrogens is 301 g/mol. The Labute approximate surface area is 132 Å². The zero-order valence-corrected chi connectivity index (χ0v) is 13.0. The number of rotatable bonds is 6. The summed E-state index contributed by atoms with van der Waals surface area (Å²) in [4.78, 5) is 25.0. The molecule has 6 nitrogen and oxygen atoms in total. The molecule has 0 saturated carbocycles. The molecule has 0 aliphatic rings. The molecule has 1 aromatic carbocycles. The first-order valence-electron chi connectivity index (χ1n) is 7.12. The monoisotopic (exact) mass is 319 g/mol. The number of halogens is 1. The molecule has 0 saturated heterocycles. The van der Waals surface area contributed by atoms with Gasteiger partial charge in [-0.3, -0.25) is 9.59 Å². The Balaban J connectivity index is 2.03. The van der Waals surface area contributed by atoms with Crippen LogP contribution in [0.1, 0.15) is 12.6 Å². The van der Waals surface area contributed by atoms with Gasteiger partial charge in [-0.25, -0.2) is 4.39 Å². The van der Waals surface area contributed by atoms with Crippen LogP contribution in [0.15, 0.2) is 35.4 Å². The fraction of sp³-hybridized carbons (Fsp3) is 0.312. The number of carbonyl (C=O) groups excluding carboxylic acids is 2. The van der Waals surface area contributed by atoms with Gasteiger partial charge in [-0.05, 0) is 31.2 Å². The van der Waals surface area contributed by atoms with Crippen molar-refractivity contribution in [3.05, 3.63) is 42.4 Å². The van der Waals surface area contributed by atoms with Crippen LogP contribution in [-0.2, 0) is 16.0 Å². The number of benzene rings is 1. The second-order valence-corrected chi connectivity index (χ2v) is 5.25. The standard InChI is InChI=1S/C16H18FN3O3/c1-4-15(21)18-9-10(2)20(3)16(22)8-13-12-7-11(17)5-6-14(12)23-19-13/h4-7,10H,1,8-9H2,2-3H3,(H,18,21). The van der Waals surface area contributed by atoms with Gasteiger partial charge in [-0.2, -0.15) is 0 Å². The van der Waals surface area contributed by atoms with Gasteiger partial charge in [-0.15, -0.1) is 0 Å². The highest BCUT2D eigenvalue weighted by Gasteiger charge is 2.19. The normalized spacial score (nSPS) is 12.0. The van der Waals surface area contributed by atoms with E-state index in [-0.39, 0.29) is 24.3 Å². The van der Waals surface area contributed by atoms with Crippen molar-refractivity contribution >= 4 is 22.8 Å². The number of carbonyl (C=O) groups is 2. The first-order chi connectivity index (χ1) is 10.9. The largest absolute Gasteiger partial charge is 0.356 e. The van der Waals surface area contributed by atoms with E-state index in [0.717, 1.165) is 0 Å². The van der Waals surface area contributed by atoms with Crippen LogP contribution in [0.5, 0.6) is 0 Å². The fourth-order valence-electron chi connectivity index (χ4n) is 2.06. The van der Waals surface area contributed by atoms with Gasteiger partial charge < -0.3 is 14.7 Å². The van der Waals surface area contributed by atoms with E-state index >= 15 is 0 Å². The molecule has 1 unspecified atom stereocenters. The Hall–Kier alpha value is -2.70. The van der Waals surface area contributed by atoms with Crippen molar-refractivity contribution in [2.24, 2.45) is 0 Å². The molecule has 23 heavy (non-hydrogen) atoms. The second kappa shape index (κ2) is 7.04. The number of amides is 2. The zero-order valence-electron chi connectivity index (χ0n) is 13.0. The lowest BCUT2D eigenvalue weighted by Gasteiger charge is -2.24. The van der Waals surface area contributed by atoms with E-state index in [1.54, 1.807) is 7.05 Å². The summed E-state index contributed by atoms with van der Waals surface area (Å²) in [5.41, 5.74) is 0.821. The van der Waals surface area contributed by atoms with Gasteiger partial charge in [0.2, 0.25) is 11.8 Å². The van der Waals surface area contributed by atoms with Gasteiger partial charge >= 0.3 is 0 Å². The van der Waals surface area contributed by atoms with E-state index in [9.17, 15) is 14.0 Å². The summed E-state index contributed by atoms with van der Waals surface area (Å²) in [7, 11) is 1.63. The Kier molecular flexibility index (Phi) is 5.10. The molecule has 7 heteroatoms. The van der Waals surface area contributed by atoms with E-state index < -0.39 is 5.82 Å². The van der Waals surface area contributed by atoms with Gasteiger partial charge in [0.1, 0.15) is 11.5 Å². The zero-order chi connectivity index (χ0) is 17.0. The third-order valence-electron chi connectivity index (χ3n) is 3.64. The van der Waals surface area contributed by atoms with Crippen LogP contribution in [0.4, 0.5) is 4.39 Å². The van der Waals surface area contributed by atoms with Crippen LogP contribution in [-0.4, -0.2) is 41.5 Å². The summed E-state index contributed by atoms with van der Waals surface area (Å²) >= 11 is 0. The molecule has 1 heterocycles. The van der Waals surface area contributed by atoms with E-state index in [2.05, 4.69) is 17.1 Å². The van der Waals surface area contributed by atoms with E-state index in [4.69, 9.17) is 4.52 Å². The number of nitrogens with one attached hydrogen (secondary N) is 1. The van der Waals surface area contributed by atoms with Gasteiger partial charge in [0.15, 0.2) is 5.58 Å². The highest BCUT2D eigenvalue weighted by molar-refractivity contribution is 5.87. The van der Waals surface area contributed by atoms with Crippen LogP contribution < -0.4 is 5.32 Å². The third-order valence-corrected chi connectivity index (χ3v) is 3.64. The summed E-state index contributed by atoms with van der Waals surface area (Å²) < 4.78 is 18.4. The topological polar surface area (TPSA) is 75.4 Å². The Bertz CT molecular complexity index is 741.